The van der Waals surface area contributed by atoms with E-state index < -0.39 is 17.9 Å². The van der Waals surface area contributed by atoms with E-state index in [2.05, 4.69) is 32.6 Å². The zero-order valence-electron chi connectivity index (χ0n) is 23.8. The molecule has 0 radical (unpaired) electrons. The fourth-order valence-corrected chi connectivity index (χ4v) is 5.54. The first-order valence-corrected chi connectivity index (χ1v) is 14.0. The van der Waals surface area contributed by atoms with Crippen LogP contribution in [-0.2, 0) is 9.59 Å². The van der Waals surface area contributed by atoms with Crippen molar-refractivity contribution < 1.29 is 28.9 Å². The van der Waals surface area contributed by atoms with Gasteiger partial charge in [0, 0.05) is 31.6 Å². The highest BCUT2D eigenvalue weighted by Gasteiger charge is 2.48. The summed E-state index contributed by atoms with van der Waals surface area (Å²) in [6.45, 7) is 10.8. The summed E-state index contributed by atoms with van der Waals surface area (Å²) in [6, 6.07) is 12.7. The largest absolute Gasteiger partial charge is 0.497 e. The Labute approximate surface area is 231 Å². The molecule has 0 spiro atoms. The van der Waals surface area contributed by atoms with Crippen LogP contribution >= 0.6 is 0 Å². The lowest BCUT2D eigenvalue weighted by atomic mass is 9.82. The number of ether oxygens (including phenoxy) is 3. The first-order valence-electron chi connectivity index (χ1n) is 14.0. The number of rotatable bonds is 12. The summed E-state index contributed by atoms with van der Waals surface area (Å²) >= 11 is 0. The third kappa shape index (κ3) is 6.85. The second-order valence-electron chi connectivity index (χ2n) is 11.5. The van der Waals surface area contributed by atoms with Crippen molar-refractivity contribution in [2.24, 2.45) is 17.8 Å². The van der Waals surface area contributed by atoms with Gasteiger partial charge in [-0.05, 0) is 60.1 Å². The Hall–Kier alpha value is -3.26. The summed E-state index contributed by atoms with van der Waals surface area (Å²) in [5, 5.41) is 10.5. The molecule has 2 aromatic rings. The van der Waals surface area contributed by atoms with Gasteiger partial charge in [-0.15, -0.1) is 0 Å². The van der Waals surface area contributed by atoms with Crippen molar-refractivity contribution in [1.29, 1.82) is 0 Å². The Kier molecular flexibility index (Phi) is 9.38. The third-order valence-corrected chi connectivity index (χ3v) is 7.81. The van der Waals surface area contributed by atoms with E-state index in [1.54, 1.807) is 7.11 Å². The molecule has 2 heterocycles. The number of methoxy groups -OCH3 is 1. The summed E-state index contributed by atoms with van der Waals surface area (Å²) < 4.78 is 16.4. The molecule has 1 saturated heterocycles. The van der Waals surface area contributed by atoms with E-state index in [9.17, 15) is 14.7 Å². The number of carboxylic acid groups (broad SMARTS) is 1. The van der Waals surface area contributed by atoms with Gasteiger partial charge in [-0.2, -0.15) is 0 Å². The van der Waals surface area contributed by atoms with Crippen molar-refractivity contribution in [1.82, 2.24) is 9.80 Å². The highest BCUT2D eigenvalue weighted by Crippen LogP contribution is 2.47. The molecule has 4 rings (SSSR count). The molecule has 0 bridgehead atoms. The van der Waals surface area contributed by atoms with Crippen LogP contribution in [0.1, 0.15) is 63.6 Å². The van der Waals surface area contributed by atoms with Gasteiger partial charge in [0.15, 0.2) is 11.5 Å². The molecule has 1 N–H and O–H groups in total. The lowest BCUT2D eigenvalue weighted by Crippen LogP contribution is -2.42. The average molecular weight is 539 g/mol. The Morgan fingerprint density at radius 1 is 0.974 bits per heavy atom. The number of amides is 1. The molecule has 8 heteroatoms. The Bertz CT molecular complexity index is 1120. The monoisotopic (exact) mass is 538 g/mol. The highest BCUT2D eigenvalue weighted by atomic mass is 16.7. The van der Waals surface area contributed by atoms with Gasteiger partial charge < -0.3 is 24.2 Å². The van der Waals surface area contributed by atoms with Crippen molar-refractivity contribution in [2.45, 2.75) is 52.5 Å². The molecule has 8 nitrogen and oxygen atoms in total. The maximum atomic E-state index is 13.8. The fraction of sp³-hybridized carbons (Fsp3) is 0.548. The third-order valence-electron chi connectivity index (χ3n) is 7.81. The van der Waals surface area contributed by atoms with Crippen LogP contribution in [0, 0.1) is 17.8 Å². The molecule has 2 aromatic carbocycles. The van der Waals surface area contributed by atoms with Gasteiger partial charge in [0.25, 0.3) is 0 Å². The van der Waals surface area contributed by atoms with E-state index in [1.165, 1.54) is 0 Å². The standard InChI is InChI=1S/C31H42N2O6/c1-20(2)12-14-32(15-13-21(3)4)28(34)18-33-17-25(23-8-11-26-27(16-23)39-19-38-26)29(31(35)36)30(33)22-6-9-24(37-5)10-7-22/h6-11,16,20-21,25,29-30H,12-15,17-19H2,1-5H3,(H,35,36)/t25-,29-,30+/m0/s1. The minimum Gasteiger partial charge on any atom is -0.497 e. The summed E-state index contributed by atoms with van der Waals surface area (Å²) in [7, 11) is 1.61. The fourth-order valence-electron chi connectivity index (χ4n) is 5.54. The van der Waals surface area contributed by atoms with Crippen molar-refractivity contribution in [2.75, 3.05) is 40.1 Å². The summed E-state index contributed by atoms with van der Waals surface area (Å²) in [4.78, 5) is 30.6. The minimum absolute atomic E-state index is 0.0466. The molecular weight excluding hydrogens is 496 g/mol. The Balaban J connectivity index is 1.66. The van der Waals surface area contributed by atoms with Gasteiger partial charge in [-0.25, -0.2) is 0 Å². The summed E-state index contributed by atoms with van der Waals surface area (Å²) in [5.74, 6) is 1.06. The topological polar surface area (TPSA) is 88.5 Å². The van der Waals surface area contributed by atoms with Gasteiger partial charge in [-0.1, -0.05) is 45.9 Å². The summed E-state index contributed by atoms with van der Waals surface area (Å²) in [5.41, 5.74) is 1.73. The number of hydrogen-bond acceptors (Lipinski definition) is 6. The van der Waals surface area contributed by atoms with Crippen LogP contribution in [0.25, 0.3) is 0 Å². The van der Waals surface area contributed by atoms with E-state index in [4.69, 9.17) is 14.2 Å². The Morgan fingerprint density at radius 3 is 2.18 bits per heavy atom. The van der Waals surface area contributed by atoms with Crippen LogP contribution < -0.4 is 14.2 Å². The normalized spacial score (nSPS) is 20.5. The van der Waals surface area contributed by atoms with Crippen LogP contribution in [0.2, 0.25) is 0 Å². The second kappa shape index (κ2) is 12.7. The first kappa shape index (κ1) is 28.7. The lowest BCUT2D eigenvalue weighted by molar-refractivity contribution is -0.144. The van der Waals surface area contributed by atoms with Crippen LogP contribution in [0.5, 0.6) is 17.2 Å². The lowest BCUT2D eigenvalue weighted by Gasteiger charge is -2.30. The number of fused-ring (bicyclic) bond motifs is 1. The van der Waals surface area contributed by atoms with Crippen LogP contribution in [0.3, 0.4) is 0 Å². The Morgan fingerprint density at radius 2 is 1.59 bits per heavy atom. The number of likely N-dealkylation sites (tertiary alicyclic amines) is 1. The molecule has 0 aliphatic carbocycles. The predicted octanol–water partition coefficient (Wildman–Crippen LogP) is 5.19. The molecule has 0 aromatic heterocycles. The maximum Gasteiger partial charge on any atom is 0.309 e. The molecule has 2 aliphatic rings. The number of carbonyl (C=O) groups is 2. The number of hydrogen-bond donors (Lipinski definition) is 1. The zero-order valence-corrected chi connectivity index (χ0v) is 23.8. The number of nitrogens with zero attached hydrogens (tertiary/aromatic N) is 2. The van der Waals surface area contributed by atoms with E-state index >= 15 is 0 Å². The highest BCUT2D eigenvalue weighted by molar-refractivity contribution is 5.79. The first-order chi connectivity index (χ1) is 18.7. The molecule has 1 fully saturated rings. The maximum absolute atomic E-state index is 13.8. The van der Waals surface area contributed by atoms with Crippen LogP contribution in [-0.4, -0.2) is 66.9 Å². The van der Waals surface area contributed by atoms with E-state index in [-0.39, 0.29) is 25.2 Å². The molecular formula is C31H42N2O6. The van der Waals surface area contributed by atoms with Crippen molar-refractivity contribution in [3.63, 3.8) is 0 Å². The van der Waals surface area contributed by atoms with Gasteiger partial charge >= 0.3 is 5.97 Å². The molecule has 39 heavy (non-hydrogen) atoms. The van der Waals surface area contributed by atoms with Crippen molar-refractivity contribution >= 4 is 11.9 Å². The SMILES string of the molecule is COc1ccc([C@@H]2[C@@H](C(=O)O)[C@H](c3ccc4c(c3)OCO4)CN2CC(=O)N(CCC(C)C)CCC(C)C)cc1. The van der Waals surface area contributed by atoms with Crippen LogP contribution in [0.4, 0.5) is 0 Å². The quantitative estimate of drug-likeness (QED) is 0.398. The number of benzene rings is 2. The van der Waals surface area contributed by atoms with E-state index in [0.717, 1.165) is 24.0 Å². The van der Waals surface area contributed by atoms with Gasteiger partial charge in [0.05, 0.1) is 19.6 Å². The van der Waals surface area contributed by atoms with E-state index in [0.29, 0.717) is 48.7 Å². The van der Waals surface area contributed by atoms with Gasteiger partial charge in [-0.3, -0.25) is 14.5 Å². The predicted molar refractivity (Wildman–Crippen MR) is 149 cm³/mol. The van der Waals surface area contributed by atoms with Crippen LogP contribution in [0.15, 0.2) is 42.5 Å². The molecule has 1 amide bonds. The second-order valence-corrected chi connectivity index (χ2v) is 11.5. The zero-order chi connectivity index (χ0) is 28.1. The van der Waals surface area contributed by atoms with Crippen molar-refractivity contribution in [3.05, 3.63) is 53.6 Å². The number of carbonyl (C=O) groups excluding carboxylic acids is 1. The molecule has 0 saturated carbocycles. The van der Waals surface area contributed by atoms with Gasteiger partial charge in [0.2, 0.25) is 12.7 Å². The molecule has 2 aliphatic heterocycles. The van der Waals surface area contributed by atoms with E-state index in [1.807, 2.05) is 47.4 Å². The number of carboxylic acids is 1. The molecule has 0 unspecified atom stereocenters. The van der Waals surface area contributed by atoms with Crippen molar-refractivity contribution in [3.8, 4) is 17.2 Å². The molecule has 3 atom stereocenters. The molecule has 212 valence electrons. The summed E-state index contributed by atoms with van der Waals surface area (Å²) in [6.07, 6.45) is 1.87. The minimum atomic E-state index is -0.884. The number of aliphatic carboxylic acids is 1. The smallest absolute Gasteiger partial charge is 0.309 e. The van der Waals surface area contributed by atoms with Gasteiger partial charge in [0.1, 0.15) is 5.75 Å². The average Bonchev–Trinajstić information content (AvgIpc) is 3.52.